The molecule has 5 nitrogen and oxygen atoms in total. The lowest BCUT2D eigenvalue weighted by Gasteiger charge is -2.15. The Labute approximate surface area is 116 Å². The molecule has 0 saturated heterocycles. The Kier molecular flexibility index (Phi) is 4.19. The van der Waals surface area contributed by atoms with Crippen LogP contribution in [0, 0.1) is 0 Å². The molecule has 2 aromatic rings. The minimum absolute atomic E-state index is 0.439. The van der Waals surface area contributed by atoms with Gasteiger partial charge in [0.05, 0.1) is 26.0 Å². The van der Waals surface area contributed by atoms with Crippen LogP contribution in [0.1, 0.15) is 17.3 Å². The molecule has 1 heterocycles. The van der Waals surface area contributed by atoms with Crippen LogP contribution in [0.2, 0.25) is 5.02 Å². The lowest BCUT2D eigenvalue weighted by molar-refractivity contribution is 0.390. The number of hydrogen-bond donors (Lipinski definition) is 1. The number of methoxy groups -OCH3 is 2. The molecule has 0 aliphatic heterocycles. The average Bonchev–Trinajstić information content (AvgIpc) is 2.46. The highest BCUT2D eigenvalue weighted by Gasteiger charge is 2.16. The maximum absolute atomic E-state index is 6.17. The standard InChI is InChI=1S/C13H14ClN3O2/c1-18-11-5-3-8(14)7-9(11)13(15)10-4-6-12(19-2)17-16-10/h3-7,13H,15H2,1-2H3. The predicted molar refractivity (Wildman–Crippen MR) is 72.6 cm³/mol. The topological polar surface area (TPSA) is 70.3 Å². The van der Waals surface area contributed by atoms with E-state index < -0.39 is 6.04 Å². The number of hydrogen-bond acceptors (Lipinski definition) is 5. The van der Waals surface area contributed by atoms with Gasteiger partial charge in [-0.15, -0.1) is 10.2 Å². The second-order valence-electron chi connectivity index (χ2n) is 3.86. The van der Waals surface area contributed by atoms with E-state index in [0.717, 1.165) is 5.56 Å². The van der Waals surface area contributed by atoms with Crippen LogP contribution in [0.15, 0.2) is 30.3 Å². The molecule has 0 aliphatic carbocycles. The second kappa shape index (κ2) is 5.86. The van der Waals surface area contributed by atoms with Crippen molar-refractivity contribution in [3.8, 4) is 11.6 Å². The smallest absolute Gasteiger partial charge is 0.233 e. The van der Waals surface area contributed by atoms with Crippen LogP contribution in [0.3, 0.4) is 0 Å². The van der Waals surface area contributed by atoms with Gasteiger partial charge in [-0.05, 0) is 24.3 Å². The molecule has 1 unspecified atom stereocenters. The molecule has 2 rings (SSSR count). The Morgan fingerprint density at radius 1 is 1.11 bits per heavy atom. The van der Waals surface area contributed by atoms with E-state index in [-0.39, 0.29) is 0 Å². The molecule has 19 heavy (non-hydrogen) atoms. The van der Waals surface area contributed by atoms with Crippen LogP contribution in [0.5, 0.6) is 11.6 Å². The van der Waals surface area contributed by atoms with Crippen molar-refractivity contribution in [3.05, 3.63) is 46.6 Å². The molecular weight excluding hydrogens is 266 g/mol. The van der Waals surface area contributed by atoms with Crippen LogP contribution in [0.25, 0.3) is 0 Å². The molecule has 0 bridgehead atoms. The number of nitrogens with two attached hydrogens (primary N) is 1. The molecule has 0 aliphatic rings. The summed E-state index contributed by atoms with van der Waals surface area (Å²) in [5, 5.41) is 8.52. The molecule has 0 spiro atoms. The zero-order valence-corrected chi connectivity index (χ0v) is 11.4. The van der Waals surface area contributed by atoms with Crippen LogP contribution in [-0.2, 0) is 0 Å². The SMILES string of the molecule is COc1ccc(C(N)c2cc(Cl)ccc2OC)nn1. The predicted octanol–water partition coefficient (Wildman–Crippen LogP) is 2.20. The van der Waals surface area contributed by atoms with Gasteiger partial charge in [0, 0.05) is 16.7 Å². The summed E-state index contributed by atoms with van der Waals surface area (Å²) in [4.78, 5) is 0. The van der Waals surface area contributed by atoms with Crippen LogP contribution in [0.4, 0.5) is 0 Å². The van der Waals surface area contributed by atoms with E-state index in [1.165, 1.54) is 7.11 Å². The van der Waals surface area contributed by atoms with E-state index in [9.17, 15) is 0 Å². The van der Waals surface area contributed by atoms with Gasteiger partial charge in [0.1, 0.15) is 5.75 Å². The fourth-order valence-electron chi connectivity index (χ4n) is 1.71. The van der Waals surface area contributed by atoms with Crippen molar-refractivity contribution in [2.75, 3.05) is 14.2 Å². The Morgan fingerprint density at radius 3 is 2.47 bits per heavy atom. The number of halogens is 1. The van der Waals surface area contributed by atoms with E-state index in [1.807, 2.05) is 0 Å². The molecular formula is C13H14ClN3O2. The van der Waals surface area contributed by atoms with Crippen LogP contribution >= 0.6 is 11.6 Å². The van der Waals surface area contributed by atoms with Crippen molar-refractivity contribution >= 4 is 11.6 Å². The first kappa shape index (κ1) is 13.6. The maximum atomic E-state index is 6.17. The number of nitrogens with zero attached hydrogens (tertiary/aromatic N) is 2. The Morgan fingerprint density at radius 2 is 1.89 bits per heavy atom. The van der Waals surface area contributed by atoms with Crippen LogP contribution < -0.4 is 15.2 Å². The van der Waals surface area contributed by atoms with E-state index in [4.69, 9.17) is 26.8 Å². The van der Waals surface area contributed by atoms with Crippen molar-refractivity contribution in [2.45, 2.75) is 6.04 Å². The second-order valence-corrected chi connectivity index (χ2v) is 4.30. The molecule has 0 fully saturated rings. The number of rotatable bonds is 4. The molecule has 6 heteroatoms. The summed E-state index contributed by atoms with van der Waals surface area (Å²) in [6.45, 7) is 0. The normalized spacial score (nSPS) is 12.0. The molecule has 100 valence electrons. The summed E-state index contributed by atoms with van der Waals surface area (Å²) in [5.41, 5.74) is 7.54. The first-order valence-electron chi connectivity index (χ1n) is 5.62. The summed E-state index contributed by atoms with van der Waals surface area (Å²) in [7, 11) is 3.11. The third-order valence-corrected chi connectivity index (χ3v) is 2.95. The van der Waals surface area contributed by atoms with E-state index >= 15 is 0 Å². The zero-order valence-electron chi connectivity index (χ0n) is 10.6. The van der Waals surface area contributed by atoms with Crippen molar-refractivity contribution < 1.29 is 9.47 Å². The quantitative estimate of drug-likeness (QED) is 0.929. The summed E-state index contributed by atoms with van der Waals surface area (Å²) in [5.74, 6) is 1.10. The number of benzene rings is 1. The number of ether oxygens (including phenoxy) is 2. The van der Waals surface area contributed by atoms with Crippen molar-refractivity contribution in [3.63, 3.8) is 0 Å². The largest absolute Gasteiger partial charge is 0.496 e. The number of aromatic nitrogens is 2. The molecule has 0 radical (unpaired) electrons. The monoisotopic (exact) mass is 279 g/mol. The Bertz CT molecular complexity index is 560. The molecule has 0 saturated carbocycles. The third-order valence-electron chi connectivity index (χ3n) is 2.72. The molecule has 1 aromatic carbocycles. The summed E-state index contributed by atoms with van der Waals surface area (Å²) < 4.78 is 10.2. The van der Waals surface area contributed by atoms with Gasteiger partial charge < -0.3 is 15.2 Å². The highest BCUT2D eigenvalue weighted by Crippen LogP contribution is 2.30. The minimum Gasteiger partial charge on any atom is -0.496 e. The third kappa shape index (κ3) is 2.94. The van der Waals surface area contributed by atoms with E-state index in [2.05, 4.69) is 10.2 Å². The van der Waals surface area contributed by atoms with Gasteiger partial charge in [0.25, 0.3) is 0 Å². The van der Waals surface area contributed by atoms with Gasteiger partial charge in [-0.1, -0.05) is 11.6 Å². The van der Waals surface area contributed by atoms with E-state index in [1.54, 1.807) is 37.4 Å². The average molecular weight is 280 g/mol. The lowest BCUT2D eigenvalue weighted by atomic mass is 10.0. The Balaban J connectivity index is 2.36. The zero-order chi connectivity index (χ0) is 13.8. The van der Waals surface area contributed by atoms with Crippen molar-refractivity contribution in [2.24, 2.45) is 5.73 Å². The molecule has 0 amide bonds. The van der Waals surface area contributed by atoms with Crippen molar-refractivity contribution in [1.29, 1.82) is 0 Å². The first-order chi connectivity index (χ1) is 9.15. The van der Waals surface area contributed by atoms with Crippen LogP contribution in [-0.4, -0.2) is 24.4 Å². The molecule has 1 aromatic heterocycles. The highest BCUT2D eigenvalue weighted by atomic mass is 35.5. The maximum Gasteiger partial charge on any atom is 0.233 e. The first-order valence-corrected chi connectivity index (χ1v) is 6.00. The lowest BCUT2D eigenvalue weighted by Crippen LogP contribution is -2.15. The summed E-state index contributed by atoms with van der Waals surface area (Å²) in [6.07, 6.45) is 0. The van der Waals surface area contributed by atoms with Gasteiger partial charge >= 0.3 is 0 Å². The minimum atomic E-state index is -0.466. The summed E-state index contributed by atoms with van der Waals surface area (Å²) in [6, 6.07) is 8.28. The van der Waals surface area contributed by atoms with E-state index in [0.29, 0.717) is 22.3 Å². The van der Waals surface area contributed by atoms with Gasteiger partial charge in [-0.2, -0.15) is 0 Å². The van der Waals surface area contributed by atoms with Crippen molar-refractivity contribution in [1.82, 2.24) is 10.2 Å². The van der Waals surface area contributed by atoms with Gasteiger partial charge in [-0.25, -0.2) is 0 Å². The Hall–Kier alpha value is -1.85. The molecule has 1 atom stereocenters. The van der Waals surface area contributed by atoms with Gasteiger partial charge in [0.2, 0.25) is 5.88 Å². The molecule has 2 N–H and O–H groups in total. The van der Waals surface area contributed by atoms with Gasteiger partial charge in [0.15, 0.2) is 0 Å². The fraction of sp³-hybridized carbons (Fsp3) is 0.231. The fourth-order valence-corrected chi connectivity index (χ4v) is 1.89. The van der Waals surface area contributed by atoms with Gasteiger partial charge in [-0.3, -0.25) is 0 Å². The summed E-state index contributed by atoms with van der Waals surface area (Å²) >= 11 is 5.99. The highest BCUT2D eigenvalue weighted by molar-refractivity contribution is 6.30.